The lowest BCUT2D eigenvalue weighted by molar-refractivity contribution is 0.121. The Morgan fingerprint density at radius 2 is 2.40 bits per heavy atom. The van der Waals surface area contributed by atoms with Gasteiger partial charge in [-0.1, -0.05) is 0 Å². The van der Waals surface area contributed by atoms with Crippen LogP contribution in [0.5, 0.6) is 0 Å². The van der Waals surface area contributed by atoms with E-state index in [4.69, 9.17) is 10.5 Å². The van der Waals surface area contributed by atoms with Crippen LogP contribution < -0.4 is 5.73 Å². The average Bonchev–Trinajstić information content (AvgIpc) is 2.57. The summed E-state index contributed by atoms with van der Waals surface area (Å²) >= 11 is 0. The minimum atomic E-state index is 0.488. The summed E-state index contributed by atoms with van der Waals surface area (Å²) in [7, 11) is 1.97. The molecule has 0 saturated carbocycles. The molecule has 0 radical (unpaired) electrons. The van der Waals surface area contributed by atoms with Crippen LogP contribution in [0.3, 0.4) is 0 Å². The number of fused-ring (bicyclic) bond motifs is 1. The third-order valence-electron chi connectivity index (χ3n) is 2.27. The van der Waals surface area contributed by atoms with E-state index in [9.17, 15) is 0 Å². The van der Waals surface area contributed by atoms with Gasteiger partial charge in [0.2, 0.25) is 0 Å². The van der Waals surface area contributed by atoms with E-state index >= 15 is 0 Å². The molecule has 0 amide bonds. The Balaban J connectivity index is 2.24. The van der Waals surface area contributed by atoms with Crippen molar-refractivity contribution in [2.45, 2.75) is 6.61 Å². The Kier molecular flexibility index (Phi) is 2.94. The summed E-state index contributed by atoms with van der Waals surface area (Å²) in [4.78, 5) is 8.45. The van der Waals surface area contributed by atoms with Gasteiger partial charge < -0.3 is 15.0 Å². The number of imidazole rings is 1. The summed E-state index contributed by atoms with van der Waals surface area (Å²) in [5.74, 6) is 0.895. The van der Waals surface area contributed by atoms with Crippen molar-refractivity contribution in [2.75, 3.05) is 13.2 Å². The van der Waals surface area contributed by atoms with E-state index < -0.39 is 0 Å². The van der Waals surface area contributed by atoms with Gasteiger partial charge in [0.15, 0.2) is 0 Å². The van der Waals surface area contributed by atoms with Gasteiger partial charge in [-0.05, 0) is 6.07 Å². The molecular formula is C10H14N4O. The number of ether oxygens (including phenoxy) is 1. The molecule has 0 aliphatic carbocycles. The Morgan fingerprint density at radius 3 is 3.13 bits per heavy atom. The van der Waals surface area contributed by atoms with Gasteiger partial charge in [0.05, 0.1) is 18.3 Å². The highest BCUT2D eigenvalue weighted by Crippen LogP contribution is 2.13. The summed E-state index contributed by atoms with van der Waals surface area (Å²) in [5.41, 5.74) is 7.30. The van der Waals surface area contributed by atoms with E-state index in [-0.39, 0.29) is 0 Å². The Hall–Kier alpha value is -1.46. The minimum Gasteiger partial charge on any atom is -0.372 e. The number of nitrogens with zero attached hydrogens (tertiary/aromatic N) is 3. The highest BCUT2D eigenvalue weighted by Gasteiger charge is 2.06. The monoisotopic (exact) mass is 206 g/mol. The molecule has 5 nitrogen and oxygen atoms in total. The molecule has 2 N–H and O–H groups in total. The van der Waals surface area contributed by atoms with Gasteiger partial charge in [-0.15, -0.1) is 0 Å². The quantitative estimate of drug-likeness (QED) is 0.737. The molecular weight excluding hydrogens is 192 g/mol. The molecule has 5 heteroatoms. The predicted molar refractivity (Wildman–Crippen MR) is 57.2 cm³/mol. The number of aromatic nitrogens is 3. The third-order valence-corrected chi connectivity index (χ3v) is 2.27. The topological polar surface area (TPSA) is 66.0 Å². The molecule has 0 saturated heterocycles. The molecule has 0 fully saturated rings. The fourth-order valence-corrected chi connectivity index (χ4v) is 1.48. The molecule has 0 aliphatic rings. The molecule has 0 aliphatic heterocycles. The highest BCUT2D eigenvalue weighted by molar-refractivity contribution is 5.74. The van der Waals surface area contributed by atoms with E-state index in [1.807, 2.05) is 17.7 Å². The van der Waals surface area contributed by atoms with Crippen LogP contribution in [0.2, 0.25) is 0 Å². The largest absolute Gasteiger partial charge is 0.372 e. The van der Waals surface area contributed by atoms with Crippen LogP contribution in [0.25, 0.3) is 11.0 Å². The maximum Gasteiger partial charge on any atom is 0.135 e. The normalized spacial score (nSPS) is 11.1. The van der Waals surface area contributed by atoms with E-state index in [1.165, 1.54) is 0 Å². The maximum atomic E-state index is 5.35. The standard InChI is InChI=1S/C10H14N4O/c1-14-9-2-4-12-6-8(9)13-10(14)7-15-5-3-11/h2,4,6H,3,5,7,11H2,1H3. The van der Waals surface area contributed by atoms with Gasteiger partial charge in [-0.2, -0.15) is 0 Å². The van der Waals surface area contributed by atoms with Gasteiger partial charge in [-0.3, -0.25) is 4.98 Å². The molecule has 0 spiro atoms. The molecule has 2 aromatic rings. The van der Waals surface area contributed by atoms with Gasteiger partial charge >= 0.3 is 0 Å². The van der Waals surface area contributed by atoms with Crippen LogP contribution in [-0.4, -0.2) is 27.7 Å². The first kappa shape index (κ1) is 10.1. The van der Waals surface area contributed by atoms with Crippen molar-refractivity contribution in [3.05, 3.63) is 24.3 Å². The van der Waals surface area contributed by atoms with Crippen molar-refractivity contribution in [2.24, 2.45) is 12.8 Å². The van der Waals surface area contributed by atoms with Crippen LogP contribution in [0.15, 0.2) is 18.5 Å². The van der Waals surface area contributed by atoms with Gasteiger partial charge in [0, 0.05) is 19.8 Å². The average molecular weight is 206 g/mol. The first-order valence-corrected chi connectivity index (χ1v) is 4.86. The summed E-state index contributed by atoms with van der Waals surface area (Å²) < 4.78 is 7.36. The fraction of sp³-hybridized carbons (Fsp3) is 0.400. The lowest BCUT2D eigenvalue weighted by atomic mass is 10.4. The first-order chi connectivity index (χ1) is 7.33. The van der Waals surface area contributed by atoms with Crippen molar-refractivity contribution in [1.29, 1.82) is 0 Å². The zero-order valence-corrected chi connectivity index (χ0v) is 8.68. The van der Waals surface area contributed by atoms with Crippen molar-refractivity contribution in [3.8, 4) is 0 Å². The lowest BCUT2D eigenvalue weighted by Crippen LogP contribution is -2.10. The molecule has 0 bridgehead atoms. The van der Waals surface area contributed by atoms with E-state index in [2.05, 4.69) is 9.97 Å². The van der Waals surface area contributed by atoms with E-state index in [0.717, 1.165) is 16.9 Å². The minimum absolute atomic E-state index is 0.488. The van der Waals surface area contributed by atoms with Gasteiger partial charge in [0.1, 0.15) is 17.9 Å². The number of pyridine rings is 1. The second-order valence-electron chi connectivity index (χ2n) is 3.29. The van der Waals surface area contributed by atoms with Crippen molar-refractivity contribution in [3.63, 3.8) is 0 Å². The van der Waals surface area contributed by atoms with E-state index in [1.54, 1.807) is 12.4 Å². The third kappa shape index (κ3) is 1.98. The Bertz CT molecular complexity index is 452. The summed E-state index contributed by atoms with van der Waals surface area (Å²) in [5, 5.41) is 0. The van der Waals surface area contributed by atoms with Crippen LogP contribution in [-0.2, 0) is 18.4 Å². The molecule has 2 aromatic heterocycles. The SMILES string of the molecule is Cn1c(COCCN)nc2cnccc21. The number of hydrogen-bond donors (Lipinski definition) is 1. The summed E-state index contributed by atoms with van der Waals surface area (Å²) in [6.45, 7) is 1.58. The van der Waals surface area contributed by atoms with Crippen LogP contribution in [0.1, 0.15) is 5.82 Å². The molecule has 2 rings (SSSR count). The Labute approximate surface area is 87.9 Å². The fourth-order valence-electron chi connectivity index (χ4n) is 1.48. The number of aryl methyl sites for hydroxylation is 1. The molecule has 15 heavy (non-hydrogen) atoms. The number of hydrogen-bond acceptors (Lipinski definition) is 4. The van der Waals surface area contributed by atoms with Gasteiger partial charge in [0.25, 0.3) is 0 Å². The maximum absolute atomic E-state index is 5.35. The van der Waals surface area contributed by atoms with Crippen molar-refractivity contribution < 1.29 is 4.74 Å². The summed E-state index contributed by atoms with van der Waals surface area (Å²) in [6.07, 6.45) is 3.51. The van der Waals surface area contributed by atoms with Gasteiger partial charge in [-0.25, -0.2) is 4.98 Å². The Morgan fingerprint density at radius 1 is 1.53 bits per heavy atom. The van der Waals surface area contributed by atoms with Crippen LogP contribution >= 0.6 is 0 Å². The zero-order valence-electron chi connectivity index (χ0n) is 8.68. The van der Waals surface area contributed by atoms with Crippen LogP contribution in [0, 0.1) is 0 Å². The molecule has 0 atom stereocenters. The lowest BCUT2D eigenvalue weighted by Gasteiger charge is -2.02. The zero-order chi connectivity index (χ0) is 10.7. The van der Waals surface area contributed by atoms with E-state index in [0.29, 0.717) is 19.8 Å². The summed E-state index contributed by atoms with van der Waals surface area (Å²) in [6, 6.07) is 1.94. The molecule has 2 heterocycles. The second-order valence-corrected chi connectivity index (χ2v) is 3.29. The van der Waals surface area contributed by atoms with Crippen LogP contribution in [0.4, 0.5) is 0 Å². The first-order valence-electron chi connectivity index (χ1n) is 4.86. The number of nitrogens with two attached hydrogens (primary N) is 1. The molecule has 0 aromatic carbocycles. The smallest absolute Gasteiger partial charge is 0.135 e. The molecule has 0 unspecified atom stereocenters. The predicted octanol–water partition coefficient (Wildman–Crippen LogP) is 0.444. The van der Waals surface area contributed by atoms with Crippen molar-refractivity contribution >= 4 is 11.0 Å². The molecule has 80 valence electrons. The van der Waals surface area contributed by atoms with Crippen molar-refractivity contribution in [1.82, 2.24) is 14.5 Å². The highest BCUT2D eigenvalue weighted by atomic mass is 16.5. The number of rotatable bonds is 4. The second kappa shape index (κ2) is 4.37.